The summed E-state index contributed by atoms with van der Waals surface area (Å²) in [6.45, 7) is 7.83. The van der Waals surface area contributed by atoms with Crippen LogP contribution in [0.2, 0.25) is 5.02 Å². The van der Waals surface area contributed by atoms with Crippen LogP contribution in [-0.2, 0) is 9.53 Å². The van der Waals surface area contributed by atoms with Crippen molar-refractivity contribution in [1.29, 1.82) is 0 Å². The smallest absolute Gasteiger partial charge is 0.339 e. The monoisotopic (exact) mass is 389 g/mol. The maximum atomic E-state index is 12.6. The fraction of sp³-hybridized carbons (Fsp3) is 0.333. The third-order valence-electron chi connectivity index (χ3n) is 3.87. The summed E-state index contributed by atoms with van der Waals surface area (Å²) in [7, 11) is 0. The fourth-order valence-corrected chi connectivity index (χ4v) is 2.94. The molecule has 0 fully saturated rings. The van der Waals surface area contributed by atoms with Gasteiger partial charge in [-0.15, -0.1) is 0 Å². The van der Waals surface area contributed by atoms with Gasteiger partial charge >= 0.3 is 5.97 Å². The number of carbonyl (C=O) groups excluding carboxylic acids is 2. The van der Waals surface area contributed by atoms with Crippen LogP contribution in [0.3, 0.4) is 0 Å². The highest BCUT2D eigenvalue weighted by Crippen LogP contribution is 2.23. The van der Waals surface area contributed by atoms with Crippen LogP contribution in [0.1, 0.15) is 41.8 Å². The molecule has 2 rings (SSSR count). The lowest BCUT2D eigenvalue weighted by Gasteiger charge is -2.18. The van der Waals surface area contributed by atoms with Gasteiger partial charge in [-0.05, 0) is 68.7 Å². The Balaban J connectivity index is 2.10. The highest BCUT2D eigenvalue weighted by Gasteiger charge is 2.20. The molecule has 0 saturated carbocycles. The van der Waals surface area contributed by atoms with Crippen LogP contribution >= 0.6 is 11.6 Å². The van der Waals surface area contributed by atoms with Crippen molar-refractivity contribution in [3.05, 3.63) is 58.1 Å². The Hall–Kier alpha value is -2.53. The number of hydrogen-bond acceptors (Lipinski definition) is 4. The van der Waals surface area contributed by atoms with E-state index in [9.17, 15) is 9.59 Å². The van der Waals surface area contributed by atoms with Crippen molar-refractivity contribution < 1.29 is 19.1 Å². The summed E-state index contributed by atoms with van der Waals surface area (Å²) in [5, 5.41) is 3.00. The average Bonchev–Trinajstić information content (AvgIpc) is 2.59. The van der Waals surface area contributed by atoms with E-state index >= 15 is 0 Å². The van der Waals surface area contributed by atoms with Gasteiger partial charge in [-0.2, -0.15) is 0 Å². The Morgan fingerprint density at radius 3 is 2.30 bits per heavy atom. The van der Waals surface area contributed by atoms with E-state index in [0.29, 0.717) is 17.9 Å². The molecule has 1 N–H and O–H groups in total. The Morgan fingerprint density at radius 2 is 1.74 bits per heavy atom. The number of halogens is 1. The Bertz CT molecular complexity index is 815. The van der Waals surface area contributed by atoms with E-state index in [0.717, 1.165) is 11.1 Å². The van der Waals surface area contributed by atoms with Crippen LogP contribution in [-0.4, -0.2) is 24.6 Å². The predicted molar refractivity (Wildman–Crippen MR) is 107 cm³/mol. The Kier molecular flexibility index (Phi) is 7.25. The molecule has 1 amide bonds. The molecule has 0 bridgehead atoms. The first-order valence-electron chi connectivity index (χ1n) is 8.86. The van der Waals surface area contributed by atoms with Gasteiger partial charge in [0.1, 0.15) is 5.75 Å². The first-order valence-corrected chi connectivity index (χ1v) is 9.24. The van der Waals surface area contributed by atoms with E-state index in [1.165, 1.54) is 12.1 Å². The maximum absolute atomic E-state index is 12.6. The minimum Gasteiger partial charge on any atom is -0.481 e. The number of rotatable bonds is 7. The molecule has 2 aromatic carbocycles. The summed E-state index contributed by atoms with van der Waals surface area (Å²) in [5.41, 5.74) is 2.89. The molecule has 0 heterocycles. The molecular formula is C21H24ClNO4. The zero-order chi connectivity index (χ0) is 20.0. The number of benzene rings is 2. The van der Waals surface area contributed by atoms with Gasteiger partial charge in [-0.1, -0.05) is 24.6 Å². The lowest BCUT2D eigenvalue weighted by Crippen LogP contribution is -2.32. The van der Waals surface area contributed by atoms with Crippen molar-refractivity contribution in [1.82, 2.24) is 0 Å². The van der Waals surface area contributed by atoms with E-state index in [4.69, 9.17) is 21.1 Å². The predicted octanol–water partition coefficient (Wildman–Crippen LogP) is 4.93. The zero-order valence-corrected chi connectivity index (χ0v) is 16.7. The van der Waals surface area contributed by atoms with Gasteiger partial charge in [0, 0.05) is 5.69 Å². The van der Waals surface area contributed by atoms with Crippen LogP contribution < -0.4 is 10.1 Å². The molecule has 27 heavy (non-hydrogen) atoms. The lowest BCUT2D eigenvalue weighted by atomic mass is 10.1. The molecule has 0 aliphatic rings. The third kappa shape index (κ3) is 5.73. The van der Waals surface area contributed by atoms with Crippen molar-refractivity contribution in [3.8, 4) is 5.75 Å². The van der Waals surface area contributed by atoms with Gasteiger partial charge in [-0.25, -0.2) is 4.79 Å². The quantitative estimate of drug-likeness (QED) is 0.682. The molecule has 5 nitrogen and oxygen atoms in total. The van der Waals surface area contributed by atoms with E-state index in [1.54, 1.807) is 13.0 Å². The fourth-order valence-electron chi connectivity index (χ4n) is 2.68. The second kappa shape index (κ2) is 9.42. The maximum Gasteiger partial charge on any atom is 0.339 e. The molecule has 0 aliphatic heterocycles. The minimum absolute atomic E-state index is 0.217. The molecule has 0 unspecified atom stereocenters. The molecule has 144 valence electrons. The SMILES string of the molecule is CCOC(=O)c1ccc(NC(=O)[C@@H](CC)Oc2cc(C)cc(C)c2)cc1Cl. The number of anilines is 1. The van der Waals surface area contributed by atoms with Gasteiger partial charge < -0.3 is 14.8 Å². The summed E-state index contributed by atoms with van der Waals surface area (Å²) in [5.74, 6) is -0.119. The van der Waals surface area contributed by atoms with Crippen molar-refractivity contribution in [3.63, 3.8) is 0 Å². The molecule has 6 heteroatoms. The first kappa shape index (κ1) is 20.8. The summed E-state index contributed by atoms with van der Waals surface area (Å²) in [6, 6.07) is 10.5. The van der Waals surface area contributed by atoms with Gasteiger partial charge in [0.05, 0.1) is 17.2 Å². The van der Waals surface area contributed by atoms with Crippen molar-refractivity contribution in [2.75, 3.05) is 11.9 Å². The van der Waals surface area contributed by atoms with E-state index in [1.807, 2.05) is 39.0 Å². The van der Waals surface area contributed by atoms with E-state index in [-0.39, 0.29) is 23.1 Å². The number of aryl methyl sites for hydroxylation is 2. The van der Waals surface area contributed by atoms with E-state index < -0.39 is 12.1 Å². The molecule has 0 aliphatic carbocycles. The lowest BCUT2D eigenvalue weighted by molar-refractivity contribution is -0.122. The van der Waals surface area contributed by atoms with Crippen LogP contribution in [0.4, 0.5) is 5.69 Å². The number of ether oxygens (including phenoxy) is 2. The number of esters is 1. The molecular weight excluding hydrogens is 366 g/mol. The Labute approximate surface area is 164 Å². The number of nitrogens with one attached hydrogen (secondary N) is 1. The zero-order valence-electron chi connectivity index (χ0n) is 16.0. The second-order valence-corrected chi connectivity index (χ2v) is 6.65. The van der Waals surface area contributed by atoms with Gasteiger partial charge in [0.15, 0.2) is 6.10 Å². The number of hydrogen-bond donors (Lipinski definition) is 1. The largest absolute Gasteiger partial charge is 0.481 e. The number of amides is 1. The molecule has 0 spiro atoms. The topological polar surface area (TPSA) is 64.6 Å². The van der Waals surface area contributed by atoms with Crippen molar-refractivity contribution >= 4 is 29.2 Å². The van der Waals surface area contributed by atoms with Gasteiger partial charge in [0.25, 0.3) is 5.91 Å². The normalized spacial score (nSPS) is 11.6. The number of carbonyl (C=O) groups is 2. The van der Waals surface area contributed by atoms with Crippen LogP contribution in [0.5, 0.6) is 5.75 Å². The standard InChI is InChI=1S/C21H24ClNO4/c1-5-19(27-16-10-13(3)9-14(4)11-16)20(24)23-15-7-8-17(18(22)12-15)21(25)26-6-2/h7-12,19H,5-6H2,1-4H3,(H,23,24)/t19-/m1/s1. The third-order valence-corrected chi connectivity index (χ3v) is 4.18. The highest BCUT2D eigenvalue weighted by atomic mass is 35.5. The van der Waals surface area contributed by atoms with E-state index in [2.05, 4.69) is 5.32 Å². The average molecular weight is 390 g/mol. The van der Waals surface area contributed by atoms with Crippen LogP contribution in [0.15, 0.2) is 36.4 Å². The van der Waals surface area contributed by atoms with Crippen molar-refractivity contribution in [2.45, 2.75) is 40.2 Å². The summed E-state index contributed by atoms with van der Waals surface area (Å²) in [4.78, 5) is 24.4. The van der Waals surface area contributed by atoms with Crippen LogP contribution in [0, 0.1) is 13.8 Å². The summed E-state index contributed by atoms with van der Waals surface area (Å²) in [6.07, 6.45) is -0.136. The van der Waals surface area contributed by atoms with Gasteiger partial charge in [-0.3, -0.25) is 4.79 Å². The molecule has 0 radical (unpaired) electrons. The summed E-state index contributed by atoms with van der Waals surface area (Å²) >= 11 is 6.14. The molecule has 0 saturated heterocycles. The van der Waals surface area contributed by atoms with Crippen molar-refractivity contribution in [2.24, 2.45) is 0 Å². The van der Waals surface area contributed by atoms with Gasteiger partial charge in [0.2, 0.25) is 0 Å². The van der Waals surface area contributed by atoms with Crippen LogP contribution in [0.25, 0.3) is 0 Å². The first-order chi connectivity index (χ1) is 12.8. The summed E-state index contributed by atoms with van der Waals surface area (Å²) < 4.78 is 10.8. The Morgan fingerprint density at radius 1 is 1.07 bits per heavy atom. The molecule has 2 aromatic rings. The molecule has 1 atom stereocenters. The highest BCUT2D eigenvalue weighted by molar-refractivity contribution is 6.34. The minimum atomic E-state index is -0.644. The molecule has 0 aromatic heterocycles. The second-order valence-electron chi connectivity index (χ2n) is 6.24.